The van der Waals surface area contributed by atoms with Crippen molar-refractivity contribution in [2.24, 2.45) is 24.6 Å². The van der Waals surface area contributed by atoms with E-state index in [0.29, 0.717) is 23.6 Å². The molecule has 30 heavy (non-hydrogen) atoms. The standard InChI is InChI=1S/C22H27ClN6O/c1-3-13-17(9-24)14(6-7-19(13)23)21-18(11-26-29(21)2)12-4-5-15-16(8-12)20(10-25)27-28-22(15)30/h6-7,11-12,15-16,20,27H,3-5,8,10,25H2,1-2H3,(H,28,30). The highest BCUT2D eigenvalue weighted by atomic mass is 35.5. The molecule has 4 atom stereocenters. The number of hydrazine groups is 1. The molecule has 4 rings (SSSR count). The zero-order chi connectivity index (χ0) is 21.4. The number of halogens is 1. The first-order valence-electron chi connectivity index (χ1n) is 10.5. The Balaban J connectivity index is 1.74. The largest absolute Gasteiger partial charge is 0.329 e. The van der Waals surface area contributed by atoms with Crippen LogP contribution in [0.2, 0.25) is 5.02 Å². The van der Waals surface area contributed by atoms with Crippen molar-refractivity contribution < 1.29 is 4.79 Å². The van der Waals surface area contributed by atoms with Crippen LogP contribution in [-0.4, -0.2) is 28.3 Å². The predicted molar refractivity (Wildman–Crippen MR) is 115 cm³/mol. The Morgan fingerprint density at radius 2 is 2.20 bits per heavy atom. The van der Waals surface area contributed by atoms with Gasteiger partial charge >= 0.3 is 0 Å². The zero-order valence-corrected chi connectivity index (χ0v) is 18.0. The second-order valence-corrected chi connectivity index (χ2v) is 8.65. The van der Waals surface area contributed by atoms with Crippen molar-refractivity contribution in [2.75, 3.05) is 6.54 Å². The number of nitrogens with zero attached hydrogens (tertiary/aromatic N) is 3. The highest BCUT2D eigenvalue weighted by Gasteiger charge is 2.43. The van der Waals surface area contributed by atoms with E-state index in [1.165, 1.54) is 0 Å². The molecule has 1 saturated carbocycles. The molecular formula is C22H27ClN6O. The molecule has 8 heteroatoms. The van der Waals surface area contributed by atoms with E-state index in [4.69, 9.17) is 17.3 Å². The van der Waals surface area contributed by atoms with E-state index in [0.717, 1.165) is 41.6 Å². The van der Waals surface area contributed by atoms with Gasteiger partial charge in [-0.15, -0.1) is 0 Å². The van der Waals surface area contributed by atoms with E-state index in [9.17, 15) is 10.1 Å². The molecule has 4 N–H and O–H groups in total. The summed E-state index contributed by atoms with van der Waals surface area (Å²) in [5.74, 6) is 0.492. The SMILES string of the molecule is CCc1c(Cl)ccc(-c2c(C3CCC4C(=O)NNC(CN)C4C3)cnn2C)c1C#N. The van der Waals surface area contributed by atoms with Crippen LogP contribution in [0.15, 0.2) is 18.3 Å². The van der Waals surface area contributed by atoms with Crippen LogP contribution in [0.25, 0.3) is 11.3 Å². The Morgan fingerprint density at radius 1 is 1.40 bits per heavy atom. The summed E-state index contributed by atoms with van der Waals surface area (Å²) in [5.41, 5.74) is 16.3. The molecule has 0 spiro atoms. The lowest BCUT2D eigenvalue weighted by Crippen LogP contribution is -2.62. The van der Waals surface area contributed by atoms with Gasteiger partial charge in [-0.2, -0.15) is 10.4 Å². The van der Waals surface area contributed by atoms with Crippen LogP contribution in [0.4, 0.5) is 0 Å². The second kappa shape index (κ2) is 8.38. The number of nitriles is 1. The molecule has 0 bridgehead atoms. The molecule has 1 aromatic heterocycles. The van der Waals surface area contributed by atoms with E-state index in [1.54, 1.807) is 0 Å². The van der Waals surface area contributed by atoms with E-state index in [2.05, 4.69) is 22.0 Å². The Bertz CT molecular complexity index is 1010. The van der Waals surface area contributed by atoms with Gasteiger partial charge in [0.1, 0.15) is 6.07 Å². The lowest BCUT2D eigenvalue weighted by Gasteiger charge is -2.43. The van der Waals surface area contributed by atoms with Crippen LogP contribution >= 0.6 is 11.6 Å². The van der Waals surface area contributed by atoms with Gasteiger partial charge in [-0.3, -0.25) is 14.9 Å². The van der Waals surface area contributed by atoms with Crippen molar-refractivity contribution in [2.45, 2.75) is 44.6 Å². The summed E-state index contributed by atoms with van der Waals surface area (Å²) >= 11 is 6.36. The lowest BCUT2D eigenvalue weighted by molar-refractivity contribution is -0.133. The molecule has 1 amide bonds. The number of benzene rings is 1. The van der Waals surface area contributed by atoms with E-state index in [1.807, 2.05) is 37.0 Å². The maximum Gasteiger partial charge on any atom is 0.237 e. The fourth-order valence-corrected chi connectivity index (χ4v) is 5.52. The third kappa shape index (κ3) is 3.39. The summed E-state index contributed by atoms with van der Waals surface area (Å²) in [6.07, 6.45) is 5.19. The van der Waals surface area contributed by atoms with Crippen LogP contribution in [0.5, 0.6) is 0 Å². The van der Waals surface area contributed by atoms with Crippen LogP contribution in [-0.2, 0) is 18.3 Å². The summed E-state index contributed by atoms with van der Waals surface area (Å²) < 4.78 is 1.84. The smallest absolute Gasteiger partial charge is 0.237 e. The van der Waals surface area contributed by atoms with Crippen molar-refractivity contribution >= 4 is 17.5 Å². The van der Waals surface area contributed by atoms with Gasteiger partial charge in [-0.1, -0.05) is 18.5 Å². The molecule has 4 unspecified atom stereocenters. The molecule has 2 heterocycles. The van der Waals surface area contributed by atoms with Crippen molar-refractivity contribution in [1.29, 1.82) is 5.26 Å². The Kier molecular flexibility index (Phi) is 5.83. The average Bonchev–Trinajstić information content (AvgIpc) is 3.14. The van der Waals surface area contributed by atoms with Crippen molar-refractivity contribution in [3.8, 4) is 17.3 Å². The van der Waals surface area contributed by atoms with Crippen LogP contribution in [0, 0.1) is 23.2 Å². The molecular weight excluding hydrogens is 400 g/mol. The molecule has 2 aliphatic rings. The summed E-state index contributed by atoms with van der Waals surface area (Å²) in [6, 6.07) is 6.21. The molecule has 158 valence electrons. The number of fused-ring (bicyclic) bond motifs is 1. The topological polar surface area (TPSA) is 109 Å². The molecule has 1 aliphatic heterocycles. The van der Waals surface area contributed by atoms with E-state index in [-0.39, 0.29) is 29.7 Å². The number of aromatic nitrogens is 2. The highest BCUT2D eigenvalue weighted by molar-refractivity contribution is 6.31. The second-order valence-electron chi connectivity index (χ2n) is 8.24. The van der Waals surface area contributed by atoms with Crippen LogP contribution in [0.1, 0.15) is 48.8 Å². The molecule has 1 aromatic carbocycles. The van der Waals surface area contributed by atoms with Gasteiger partial charge in [0.05, 0.1) is 17.5 Å². The quantitative estimate of drug-likeness (QED) is 0.696. The van der Waals surface area contributed by atoms with Gasteiger partial charge < -0.3 is 5.73 Å². The number of amides is 1. The monoisotopic (exact) mass is 426 g/mol. The maximum absolute atomic E-state index is 12.3. The Hall–Kier alpha value is -2.40. The van der Waals surface area contributed by atoms with Crippen LogP contribution in [0.3, 0.4) is 0 Å². The summed E-state index contributed by atoms with van der Waals surface area (Å²) in [6.45, 7) is 2.48. The number of hydrogen-bond acceptors (Lipinski definition) is 5. The van der Waals surface area contributed by atoms with E-state index >= 15 is 0 Å². The molecule has 0 radical (unpaired) electrons. The van der Waals surface area contributed by atoms with Gasteiger partial charge in [-0.25, -0.2) is 5.43 Å². The molecule has 1 aliphatic carbocycles. The van der Waals surface area contributed by atoms with Gasteiger partial charge in [0.15, 0.2) is 0 Å². The minimum absolute atomic E-state index is 0.00642. The number of nitrogens with one attached hydrogen (secondary N) is 2. The summed E-state index contributed by atoms with van der Waals surface area (Å²) in [5, 5.41) is 15.0. The zero-order valence-electron chi connectivity index (χ0n) is 17.3. The van der Waals surface area contributed by atoms with Crippen molar-refractivity contribution in [1.82, 2.24) is 20.6 Å². The van der Waals surface area contributed by atoms with Gasteiger partial charge in [-0.05, 0) is 55.2 Å². The Labute approximate surface area is 181 Å². The molecule has 1 saturated heterocycles. The number of nitrogens with two attached hydrogens (primary N) is 1. The first-order chi connectivity index (χ1) is 14.5. The highest BCUT2D eigenvalue weighted by Crippen LogP contribution is 2.45. The average molecular weight is 427 g/mol. The number of hydrogen-bond donors (Lipinski definition) is 3. The number of carbonyl (C=O) groups excluding carboxylic acids is 1. The van der Waals surface area contributed by atoms with Gasteiger partial charge in [0.2, 0.25) is 5.91 Å². The normalized spacial score (nSPS) is 26.0. The maximum atomic E-state index is 12.3. The molecule has 7 nitrogen and oxygen atoms in total. The number of carbonyl (C=O) groups is 1. The molecule has 2 aromatic rings. The number of aryl methyl sites for hydroxylation is 1. The van der Waals surface area contributed by atoms with Crippen molar-refractivity contribution in [3.05, 3.63) is 40.0 Å². The fraction of sp³-hybridized carbons (Fsp3) is 0.500. The number of rotatable bonds is 4. The third-order valence-corrected chi connectivity index (χ3v) is 7.13. The first kappa shape index (κ1) is 20.9. The minimum Gasteiger partial charge on any atom is -0.329 e. The lowest BCUT2D eigenvalue weighted by atomic mass is 9.68. The predicted octanol–water partition coefficient (Wildman–Crippen LogP) is 2.64. The van der Waals surface area contributed by atoms with Crippen LogP contribution < -0.4 is 16.6 Å². The summed E-state index contributed by atoms with van der Waals surface area (Å²) in [4.78, 5) is 12.3. The van der Waals surface area contributed by atoms with Gasteiger partial charge in [0, 0.05) is 41.7 Å². The molecule has 2 fully saturated rings. The van der Waals surface area contributed by atoms with E-state index < -0.39 is 0 Å². The fourth-order valence-electron chi connectivity index (χ4n) is 5.23. The summed E-state index contributed by atoms with van der Waals surface area (Å²) in [7, 11) is 1.91. The minimum atomic E-state index is -0.00642. The van der Waals surface area contributed by atoms with Crippen molar-refractivity contribution in [3.63, 3.8) is 0 Å². The third-order valence-electron chi connectivity index (χ3n) is 6.77. The van der Waals surface area contributed by atoms with Gasteiger partial charge in [0.25, 0.3) is 0 Å². The first-order valence-corrected chi connectivity index (χ1v) is 10.9. The Morgan fingerprint density at radius 3 is 2.90 bits per heavy atom.